The van der Waals surface area contributed by atoms with Crippen molar-refractivity contribution in [2.75, 3.05) is 6.54 Å². The summed E-state index contributed by atoms with van der Waals surface area (Å²) in [6.45, 7) is 13.0. The molecule has 1 fully saturated rings. The van der Waals surface area contributed by atoms with Crippen molar-refractivity contribution in [3.05, 3.63) is 29.1 Å². The fraction of sp³-hybridized carbons (Fsp3) is 0.600. The van der Waals surface area contributed by atoms with Crippen molar-refractivity contribution < 1.29 is 28.0 Å². The maximum Gasteiger partial charge on any atom is 0.494 e. The Morgan fingerprint density at radius 2 is 1.75 bits per heavy atom. The van der Waals surface area contributed by atoms with Gasteiger partial charge >= 0.3 is 13.2 Å². The highest BCUT2D eigenvalue weighted by atomic mass is 19.1. The quantitative estimate of drug-likeness (QED) is 0.689. The average Bonchev–Trinajstić information content (AvgIpc) is 2.73. The summed E-state index contributed by atoms with van der Waals surface area (Å²) in [7, 11) is -0.719. The molecule has 2 heterocycles. The zero-order valence-corrected chi connectivity index (χ0v) is 17.5. The number of benzene rings is 1. The minimum Gasteiger partial charge on any atom is -0.443 e. The summed E-state index contributed by atoms with van der Waals surface area (Å²) < 4.78 is 32.1. The van der Waals surface area contributed by atoms with E-state index < -0.39 is 41.7 Å². The van der Waals surface area contributed by atoms with Crippen molar-refractivity contribution in [2.24, 2.45) is 0 Å². The lowest BCUT2D eigenvalue weighted by Crippen LogP contribution is -2.46. The Bertz CT molecular complexity index is 815. The van der Waals surface area contributed by atoms with Crippen LogP contribution in [0.4, 0.5) is 9.18 Å². The van der Waals surface area contributed by atoms with Gasteiger partial charge in [-0.3, -0.25) is 4.79 Å². The van der Waals surface area contributed by atoms with Crippen LogP contribution in [-0.2, 0) is 20.5 Å². The number of rotatable bonds is 1. The standard InChI is InChI=1S/C20H27BFNO5/c1-18(2,3)26-17(25)23-9-8-12-10-13(11-14(22)15(12)16(23)24)21-27-19(4,5)20(6,7)28-21/h10-11H,8-9H2,1-7H3. The van der Waals surface area contributed by atoms with Crippen LogP contribution in [0.25, 0.3) is 0 Å². The topological polar surface area (TPSA) is 65.1 Å². The van der Waals surface area contributed by atoms with Gasteiger partial charge in [0.2, 0.25) is 0 Å². The third-order valence-electron chi connectivity index (χ3n) is 5.40. The molecule has 0 aliphatic carbocycles. The van der Waals surface area contributed by atoms with Crippen LogP contribution in [0.3, 0.4) is 0 Å². The van der Waals surface area contributed by atoms with Gasteiger partial charge < -0.3 is 14.0 Å². The Labute approximate surface area is 165 Å². The number of ether oxygens (including phenoxy) is 1. The minimum atomic E-state index is -0.766. The lowest BCUT2D eigenvalue weighted by molar-refractivity contribution is 0.00578. The summed E-state index contributed by atoms with van der Waals surface area (Å²) in [5.41, 5.74) is -0.877. The number of fused-ring (bicyclic) bond motifs is 1. The van der Waals surface area contributed by atoms with E-state index in [0.29, 0.717) is 17.4 Å². The molecule has 0 spiro atoms. The molecule has 28 heavy (non-hydrogen) atoms. The molecule has 0 atom stereocenters. The fourth-order valence-corrected chi connectivity index (χ4v) is 3.20. The van der Waals surface area contributed by atoms with Gasteiger partial charge in [-0.15, -0.1) is 0 Å². The number of carbonyl (C=O) groups excluding carboxylic acids is 2. The summed E-state index contributed by atoms with van der Waals surface area (Å²) >= 11 is 0. The van der Waals surface area contributed by atoms with Gasteiger partial charge in [-0.2, -0.15) is 0 Å². The van der Waals surface area contributed by atoms with Crippen molar-refractivity contribution in [2.45, 2.75) is 71.7 Å². The molecule has 0 bridgehead atoms. The maximum absolute atomic E-state index is 14.9. The van der Waals surface area contributed by atoms with Gasteiger partial charge in [0.1, 0.15) is 11.4 Å². The molecule has 0 unspecified atom stereocenters. The fourth-order valence-electron chi connectivity index (χ4n) is 3.20. The molecule has 1 aromatic carbocycles. The number of hydrogen-bond donors (Lipinski definition) is 0. The lowest BCUT2D eigenvalue weighted by atomic mass is 9.76. The van der Waals surface area contributed by atoms with E-state index in [0.717, 1.165) is 4.90 Å². The normalized spacial score (nSPS) is 20.9. The average molecular weight is 391 g/mol. The minimum absolute atomic E-state index is 0.0997. The third-order valence-corrected chi connectivity index (χ3v) is 5.40. The Hall–Kier alpha value is -1.93. The van der Waals surface area contributed by atoms with E-state index in [1.807, 2.05) is 27.7 Å². The van der Waals surface area contributed by atoms with Gasteiger partial charge in [0.05, 0.1) is 16.8 Å². The number of halogens is 1. The Balaban J connectivity index is 1.88. The maximum atomic E-state index is 14.9. The molecule has 3 rings (SSSR count). The van der Waals surface area contributed by atoms with E-state index in [1.165, 1.54) is 6.07 Å². The Morgan fingerprint density at radius 3 is 2.29 bits per heavy atom. The van der Waals surface area contributed by atoms with E-state index in [-0.39, 0.29) is 12.1 Å². The highest BCUT2D eigenvalue weighted by Crippen LogP contribution is 2.37. The molecule has 1 aromatic rings. The molecular weight excluding hydrogens is 364 g/mol. The largest absolute Gasteiger partial charge is 0.494 e. The highest BCUT2D eigenvalue weighted by Gasteiger charge is 2.52. The summed E-state index contributed by atoms with van der Waals surface area (Å²) in [4.78, 5) is 26.0. The lowest BCUT2D eigenvalue weighted by Gasteiger charge is -2.32. The molecular formula is C20H27BFNO5. The highest BCUT2D eigenvalue weighted by molar-refractivity contribution is 6.62. The number of carbonyl (C=O) groups is 2. The first-order valence-corrected chi connectivity index (χ1v) is 9.45. The van der Waals surface area contributed by atoms with Crippen molar-refractivity contribution in [1.29, 1.82) is 0 Å². The molecule has 0 saturated carbocycles. The SMILES string of the molecule is CC(C)(C)OC(=O)N1CCc2cc(B3OC(C)(C)C(C)(C)O3)cc(F)c2C1=O. The Kier molecular flexibility index (Phi) is 4.87. The smallest absolute Gasteiger partial charge is 0.443 e. The van der Waals surface area contributed by atoms with Crippen LogP contribution < -0.4 is 5.46 Å². The molecule has 1 saturated heterocycles. The summed E-state index contributed by atoms with van der Waals surface area (Å²) in [6.07, 6.45) is -0.428. The summed E-state index contributed by atoms with van der Waals surface area (Å²) in [5, 5.41) is 0. The zero-order valence-electron chi connectivity index (χ0n) is 17.5. The van der Waals surface area contributed by atoms with Crippen molar-refractivity contribution in [3.63, 3.8) is 0 Å². The number of amides is 2. The van der Waals surface area contributed by atoms with Gasteiger partial charge in [0.15, 0.2) is 0 Å². The second kappa shape index (κ2) is 6.56. The van der Waals surface area contributed by atoms with Crippen LogP contribution in [0.15, 0.2) is 12.1 Å². The van der Waals surface area contributed by atoms with Crippen molar-refractivity contribution >= 4 is 24.6 Å². The van der Waals surface area contributed by atoms with Gasteiger partial charge in [-0.05, 0) is 72.0 Å². The molecule has 2 amide bonds. The number of hydrogen-bond acceptors (Lipinski definition) is 5. The van der Waals surface area contributed by atoms with E-state index in [1.54, 1.807) is 26.8 Å². The molecule has 0 radical (unpaired) electrons. The zero-order chi connectivity index (χ0) is 21.1. The first-order chi connectivity index (χ1) is 12.7. The third kappa shape index (κ3) is 3.67. The van der Waals surface area contributed by atoms with Crippen LogP contribution >= 0.6 is 0 Å². The van der Waals surface area contributed by atoms with Crippen molar-refractivity contribution in [3.8, 4) is 0 Å². The molecule has 0 aromatic heterocycles. The molecule has 0 N–H and O–H groups in total. The summed E-state index contributed by atoms with van der Waals surface area (Å²) in [5.74, 6) is -1.38. The van der Waals surface area contributed by atoms with Crippen LogP contribution in [0.5, 0.6) is 0 Å². The number of imide groups is 1. The summed E-state index contributed by atoms with van der Waals surface area (Å²) in [6, 6.07) is 2.97. The number of nitrogens with zero attached hydrogens (tertiary/aromatic N) is 1. The Morgan fingerprint density at radius 1 is 1.18 bits per heavy atom. The van der Waals surface area contributed by atoms with Crippen LogP contribution in [-0.4, -0.2) is 47.4 Å². The van der Waals surface area contributed by atoms with Gasteiger partial charge in [-0.1, -0.05) is 6.07 Å². The molecule has 2 aliphatic rings. The van der Waals surface area contributed by atoms with Crippen LogP contribution in [0, 0.1) is 5.82 Å². The van der Waals surface area contributed by atoms with Gasteiger partial charge in [0.25, 0.3) is 5.91 Å². The molecule has 2 aliphatic heterocycles. The molecule has 6 nitrogen and oxygen atoms in total. The second-order valence-corrected chi connectivity index (χ2v) is 9.31. The second-order valence-electron chi connectivity index (χ2n) is 9.31. The van der Waals surface area contributed by atoms with E-state index in [2.05, 4.69) is 0 Å². The van der Waals surface area contributed by atoms with E-state index in [4.69, 9.17) is 14.0 Å². The van der Waals surface area contributed by atoms with Crippen LogP contribution in [0.1, 0.15) is 64.4 Å². The van der Waals surface area contributed by atoms with E-state index >= 15 is 0 Å². The van der Waals surface area contributed by atoms with Crippen LogP contribution in [0.2, 0.25) is 0 Å². The first kappa shape index (κ1) is 20.8. The monoisotopic (exact) mass is 391 g/mol. The first-order valence-electron chi connectivity index (χ1n) is 9.45. The van der Waals surface area contributed by atoms with E-state index in [9.17, 15) is 14.0 Å². The van der Waals surface area contributed by atoms with Crippen molar-refractivity contribution in [1.82, 2.24) is 4.90 Å². The molecule has 8 heteroatoms. The van der Waals surface area contributed by atoms with Gasteiger partial charge in [-0.25, -0.2) is 14.1 Å². The predicted molar refractivity (Wildman–Crippen MR) is 103 cm³/mol. The molecule has 152 valence electrons. The predicted octanol–water partition coefficient (Wildman–Crippen LogP) is 3.06. The van der Waals surface area contributed by atoms with Gasteiger partial charge in [0, 0.05) is 6.54 Å².